The molecular weight excluding hydrogens is 474 g/mol. The molecule has 0 bridgehead atoms. The van der Waals surface area contributed by atoms with E-state index in [0.29, 0.717) is 50.5 Å². The lowest BCUT2D eigenvalue weighted by Crippen LogP contribution is -2.40. The number of morpholine rings is 1. The van der Waals surface area contributed by atoms with Crippen molar-refractivity contribution in [2.75, 3.05) is 26.3 Å². The Morgan fingerprint density at radius 3 is 2.53 bits per heavy atom. The van der Waals surface area contributed by atoms with Gasteiger partial charge in [-0.1, -0.05) is 54.6 Å². The van der Waals surface area contributed by atoms with Crippen molar-refractivity contribution in [2.24, 2.45) is 0 Å². The smallest absolute Gasteiger partial charge is 0.256 e. The highest BCUT2D eigenvalue weighted by Gasteiger charge is 2.24. The Balaban J connectivity index is 1.36. The highest BCUT2D eigenvalue weighted by Crippen LogP contribution is 2.33. The molecule has 0 saturated carbocycles. The van der Waals surface area contributed by atoms with Crippen LogP contribution in [0.15, 0.2) is 91.6 Å². The first-order valence-electron chi connectivity index (χ1n) is 12.7. The zero-order valence-corrected chi connectivity index (χ0v) is 21.0. The van der Waals surface area contributed by atoms with Gasteiger partial charge in [-0.2, -0.15) is 5.26 Å². The van der Waals surface area contributed by atoms with Crippen LogP contribution >= 0.6 is 0 Å². The number of hydrogen-bond donors (Lipinski definition) is 0. The Labute approximate surface area is 221 Å². The molecule has 1 amide bonds. The van der Waals surface area contributed by atoms with Gasteiger partial charge in [-0.15, -0.1) is 0 Å². The molecule has 1 saturated heterocycles. The summed E-state index contributed by atoms with van der Waals surface area (Å²) in [5, 5.41) is 11.3. The van der Waals surface area contributed by atoms with Gasteiger partial charge in [-0.25, -0.2) is 4.98 Å². The number of aromatic nitrogens is 3. The van der Waals surface area contributed by atoms with Gasteiger partial charge in [-0.05, 0) is 34.0 Å². The SMILES string of the molecule is N#Cc1ccc(Cn2cncc2Cn2cc(C(=O)N3CCOCC3)c(-c3cccc4ccccc34)c2)cc1. The molecule has 3 heterocycles. The molecule has 38 heavy (non-hydrogen) atoms. The predicted molar refractivity (Wildman–Crippen MR) is 146 cm³/mol. The second kappa shape index (κ2) is 10.4. The second-order valence-corrected chi connectivity index (χ2v) is 9.51. The molecule has 7 nitrogen and oxygen atoms in total. The van der Waals surface area contributed by atoms with E-state index in [9.17, 15) is 4.79 Å². The molecule has 1 fully saturated rings. The fourth-order valence-electron chi connectivity index (χ4n) is 5.07. The van der Waals surface area contributed by atoms with Gasteiger partial charge in [0.05, 0.1) is 49.0 Å². The maximum Gasteiger partial charge on any atom is 0.256 e. The van der Waals surface area contributed by atoms with Crippen molar-refractivity contribution in [1.82, 2.24) is 19.0 Å². The first-order valence-corrected chi connectivity index (χ1v) is 12.7. The normalized spacial score (nSPS) is 13.5. The van der Waals surface area contributed by atoms with Crippen LogP contribution in [0.2, 0.25) is 0 Å². The van der Waals surface area contributed by atoms with E-state index in [1.54, 1.807) is 0 Å². The number of hydrogen-bond acceptors (Lipinski definition) is 4. The number of benzene rings is 3. The first-order chi connectivity index (χ1) is 18.7. The van der Waals surface area contributed by atoms with Crippen LogP contribution in [-0.2, 0) is 17.8 Å². The number of carbonyl (C=O) groups is 1. The third-order valence-corrected chi connectivity index (χ3v) is 7.07. The average molecular weight is 502 g/mol. The number of ether oxygens (including phenoxy) is 1. The number of nitrogens with zero attached hydrogens (tertiary/aromatic N) is 5. The van der Waals surface area contributed by atoms with E-state index in [-0.39, 0.29) is 5.91 Å². The number of nitriles is 1. The molecule has 0 aliphatic carbocycles. The Hall–Kier alpha value is -4.67. The maximum absolute atomic E-state index is 13.7. The molecule has 3 aromatic carbocycles. The molecule has 0 atom stereocenters. The molecule has 188 valence electrons. The Kier molecular flexibility index (Phi) is 6.47. The lowest BCUT2D eigenvalue weighted by Gasteiger charge is -2.27. The first kappa shape index (κ1) is 23.7. The maximum atomic E-state index is 13.7. The molecule has 1 aliphatic rings. The van der Waals surface area contributed by atoms with E-state index >= 15 is 0 Å². The van der Waals surface area contributed by atoms with E-state index in [4.69, 9.17) is 10.00 Å². The average Bonchev–Trinajstić information content (AvgIpc) is 3.60. The molecule has 0 unspecified atom stereocenters. The van der Waals surface area contributed by atoms with Crippen LogP contribution in [0.4, 0.5) is 0 Å². The van der Waals surface area contributed by atoms with Gasteiger partial charge in [0.15, 0.2) is 0 Å². The standard InChI is InChI=1S/C31H27N5O2/c32-16-23-8-10-24(11-9-23)18-36-22-33-17-26(36)19-34-20-29(28-7-3-5-25-4-1-2-6-27(25)28)30(21-34)31(37)35-12-14-38-15-13-35/h1-11,17,20-22H,12-15,18-19H2. The van der Waals surface area contributed by atoms with E-state index in [2.05, 4.69) is 50.6 Å². The fraction of sp³-hybridized carbons (Fsp3) is 0.194. The molecule has 2 aromatic heterocycles. The monoisotopic (exact) mass is 501 g/mol. The minimum Gasteiger partial charge on any atom is -0.378 e. The number of rotatable bonds is 6. The summed E-state index contributed by atoms with van der Waals surface area (Å²) in [6.07, 6.45) is 7.73. The molecule has 0 radical (unpaired) electrons. The van der Waals surface area contributed by atoms with Crippen LogP contribution in [0.5, 0.6) is 0 Å². The van der Waals surface area contributed by atoms with Crippen LogP contribution in [0.3, 0.4) is 0 Å². The summed E-state index contributed by atoms with van der Waals surface area (Å²) in [4.78, 5) is 20.0. The van der Waals surface area contributed by atoms with Crippen molar-refractivity contribution in [3.8, 4) is 17.2 Å². The van der Waals surface area contributed by atoms with Crippen LogP contribution in [0, 0.1) is 11.3 Å². The minimum absolute atomic E-state index is 0.0288. The van der Waals surface area contributed by atoms with Gasteiger partial charge in [-0.3, -0.25) is 4.79 Å². The molecule has 6 rings (SSSR count). The van der Waals surface area contributed by atoms with E-state index in [1.165, 1.54) is 0 Å². The lowest BCUT2D eigenvalue weighted by molar-refractivity contribution is 0.0303. The number of imidazole rings is 1. The van der Waals surface area contributed by atoms with Gasteiger partial charge in [0, 0.05) is 43.8 Å². The molecule has 0 spiro atoms. The molecular formula is C31H27N5O2. The summed E-state index contributed by atoms with van der Waals surface area (Å²) in [5.41, 5.74) is 5.43. The quantitative estimate of drug-likeness (QED) is 0.330. The molecule has 0 N–H and O–H groups in total. The van der Waals surface area contributed by atoms with E-state index < -0.39 is 0 Å². The summed E-state index contributed by atoms with van der Waals surface area (Å²) >= 11 is 0. The van der Waals surface area contributed by atoms with Crippen molar-refractivity contribution < 1.29 is 9.53 Å². The summed E-state index contributed by atoms with van der Waals surface area (Å²) in [6, 6.07) is 24.3. The highest BCUT2D eigenvalue weighted by molar-refractivity contribution is 6.06. The largest absolute Gasteiger partial charge is 0.378 e. The lowest BCUT2D eigenvalue weighted by atomic mass is 9.97. The minimum atomic E-state index is 0.0288. The van der Waals surface area contributed by atoms with Crippen molar-refractivity contribution in [1.29, 1.82) is 5.26 Å². The van der Waals surface area contributed by atoms with Crippen LogP contribution < -0.4 is 0 Å². The Bertz CT molecular complexity index is 1630. The van der Waals surface area contributed by atoms with Crippen molar-refractivity contribution in [2.45, 2.75) is 13.1 Å². The topological polar surface area (TPSA) is 76.1 Å². The van der Waals surface area contributed by atoms with Gasteiger partial charge in [0.25, 0.3) is 5.91 Å². The summed E-state index contributed by atoms with van der Waals surface area (Å²) in [6.45, 7) is 3.53. The van der Waals surface area contributed by atoms with Gasteiger partial charge in [0.2, 0.25) is 0 Å². The molecule has 7 heteroatoms. The zero-order valence-electron chi connectivity index (χ0n) is 21.0. The van der Waals surface area contributed by atoms with Gasteiger partial charge < -0.3 is 18.8 Å². The van der Waals surface area contributed by atoms with E-state index in [0.717, 1.165) is 33.2 Å². The Morgan fingerprint density at radius 2 is 1.71 bits per heavy atom. The third kappa shape index (κ3) is 4.70. The third-order valence-electron chi connectivity index (χ3n) is 7.07. The van der Waals surface area contributed by atoms with Crippen molar-refractivity contribution >= 4 is 16.7 Å². The summed E-state index contributed by atoms with van der Waals surface area (Å²) in [7, 11) is 0. The fourth-order valence-corrected chi connectivity index (χ4v) is 5.07. The highest BCUT2D eigenvalue weighted by atomic mass is 16.5. The molecule has 5 aromatic rings. The van der Waals surface area contributed by atoms with Crippen molar-refractivity contribution in [3.63, 3.8) is 0 Å². The van der Waals surface area contributed by atoms with Crippen molar-refractivity contribution in [3.05, 3.63) is 114 Å². The van der Waals surface area contributed by atoms with Gasteiger partial charge in [0.1, 0.15) is 0 Å². The second-order valence-electron chi connectivity index (χ2n) is 9.51. The Morgan fingerprint density at radius 1 is 0.921 bits per heavy atom. The zero-order chi connectivity index (χ0) is 25.9. The van der Waals surface area contributed by atoms with Gasteiger partial charge >= 0.3 is 0 Å². The number of fused-ring (bicyclic) bond motifs is 1. The predicted octanol–water partition coefficient (Wildman–Crippen LogP) is 4.95. The summed E-state index contributed by atoms with van der Waals surface area (Å²) in [5.74, 6) is 0.0288. The van der Waals surface area contributed by atoms with Crippen LogP contribution in [-0.4, -0.2) is 51.2 Å². The summed E-state index contributed by atoms with van der Waals surface area (Å²) < 4.78 is 9.66. The van der Waals surface area contributed by atoms with Crippen LogP contribution in [0.1, 0.15) is 27.2 Å². The van der Waals surface area contributed by atoms with Crippen LogP contribution in [0.25, 0.3) is 21.9 Å². The van der Waals surface area contributed by atoms with E-state index in [1.807, 2.05) is 66.1 Å². The number of amides is 1. The molecule has 1 aliphatic heterocycles. The number of carbonyl (C=O) groups excluding carboxylic acids is 1.